The molecule has 1 saturated heterocycles. The van der Waals surface area contributed by atoms with E-state index in [4.69, 9.17) is 0 Å². The van der Waals surface area contributed by atoms with Crippen molar-refractivity contribution in [2.75, 3.05) is 26.2 Å². The molecule has 1 fully saturated rings. The van der Waals surface area contributed by atoms with Crippen molar-refractivity contribution < 1.29 is 4.92 Å². The monoisotopic (exact) mass is 404 g/mol. The van der Waals surface area contributed by atoms with Gasteiger partial charge in [-0.05, 0) is 25.2 Å². The van der Waals surface area contributed by atoms with Gasteiger partial charge in [0.15, 0.2) is 0 Å². The zero-order chi connectivity index (χ0) is 20.9. The summed E-state index contributed by atoms with van der Waals surface area (Å²) < 4.78 is 0. The number of nitrogens with zero attached hydrogens (tertiary/aromatic N) is 4. The van der Waals surface area contributed by atoms with E-state index in [1.54, 1.807) is 0 Å². The Morgan fingerprint density at radius 3 is 2.60 bits per heavy atom. The fourth-order valence-corrected chi connectivity index (χ4v) is 4.95. The van der Waals surface area contributed by atoms with Gasteiger partial charge in [0.05, 0.1) is 11.3 Å². The third-order valence-electron chi connectivity index (χ3n) is 6.47. The highest BCUT2D eigenvalue weighted by molar-refractivity contribution is 5.44. The summed E-state index contributed by atoms with van der Waals surface area (Å²) in [6, 6.07) is 1.79. The van der Waals surface area contributed by atoms with Gasteiger partial charge in [-0.2, -0.15) is 5.26 Å². The van der Waals surface area contributed by atoms with Crippen LogP contribution in [0.15, 0.2) is 71.5 Å². The third-order valence-corrected chi connectivity index (χ3v) is 6.47. The predicted molar refractivity (Wildman–Crippen MR) is 117 cm³/mol. The molecule has 0 aromatic carbocycles. The number of allylic oxidation sites excluding steroid dienone is 7. The molecule has 3 unspecified atom stereocenters. The van der Waals surface area contributed by atoms with E-state index in [0.29, 0.717) is 24.0 Å². The molecule has 30 heavy (non-hydrogen) atoms. The highest BCUT2D eigenvalue weighted by Gasteiger charge is 2.33. The van der Waals surface area contributed by atoms with Crippen LogP contribution in [0.25, 0.3) is 0 Å². The van der Waals surface area contributed by atoms with E-state index in [2.05, 4.69) is 58.4 Å². The third kappa shape index (κ3) is 4.31. The average molecular weight is 405 g/mol. The molecule has 0 amide bonds. The Balaban J connectivity index is 1.46. The van der Waals surface area contributed by atoms with Gasteiger partial charge in [0, 0.05) is 49.6 Å². The minimum atomic E-state index is -0.786. The van der Waals surface area contributed by atoms with Crippen molar-refractivity contribution in [3.8, 4) is 6.07 Å². The molecule has 3 atom stereocenters. The van der Waals surface area contributed by atoms with Crippen molar-refractivity contribution in [1.82, 2.24) is 9.80 Å². The van der Waals surface area contributed by atoms with Crippen LogP contribution in [-0.2, 0) is 0 Å². The van der Waals surface area contributed by atoms with Crippen LogP contribution in [0, 0.1) is 27.4 Å². The largest absolute Gasteiger partial charge is 0.368 e. The topological polar surface area (TPSA) is 73.4 Å². The Bertz CT molecular complexity index is 895. The Hall–Kier alpha value is -2.91. The van der Waals surface area contributed by atoms with Gasteiger partial charge in [-0.1, -0.05) is 54.2 Å². The van der Waals surface area contributed by atoms with Crippen LogP contribution in [0.3, 0.4) is 0 Å². The number of nitriles is 1. The molecule has 1 heterocycles. The molecule has 156 valence electrons. The Kier molecular flexibility index (Phi) is 6.29. The molecule has 0 aromatic rings. The fraction of sp³-hybridized carbons (Fsp3) is 0.458. The van der Waals surface area contributed by atoms with Gasteiger partial charge in [-0.3, -0.25) is 15.0 Å². The molecular weight excluding hydrogens is 376 g/mol. The van der Waals surface area contributed by atoms with E-state index < -0.39 is 6.04 Å². The van der Waals surface area contributed by atoms with E-state index in [9.17, 15) is 15.4 Å². The molecule has 6 heteroatoms. The SMILES string of the molecule is N#CC1=CC([N+](=O)[O-])CC=C1N1CCN(C(C2=CC=CCC2)C2C=CC=CC2)CC1. The Morgan fingerprint density at radius 2 is 1.97 bits per heavy atom. The van der Waals surface area contributed by atoms with Crippen molar-refractivity contribution in [3.05, 3.63) is 81.6 Å². The van der Waals surface area contributed by atoms with Crippen molar-refractivity contribution in [2.45, 2.75) is 37.8 Å². The number of rotatable bonds is 5. The van der Waals surface area contributed by atoms with Crippen LogP contribution >= 0.6 is 0 Å². The first-order chi connectivity index (χ1) is 14.7. The van der Waals surface area contributed by atoms with Crippen molar-refractivity contribution in [3.63, 3.8) is 0 Å². The Labute approximate surface area is 178 Å². The van der Waals surface area contributed by atoms with E-state index in [0.717, 1.165) is 51.1 Å². The molecule has 0 spiro atoms. The van der Waals surface area contributed by atoms with Gasteiger partial charge in [0.2, 0.25) is 6.04 Å². The molecule has 4 aliphatic rings. The van der Waals surface area contributed by atoms with Crippen molar-refractivity contribution in [1.29, 1.82) is 5.26 Å². The molecule has 0 radical (unpaired) electrons. The van der Waals surface area contributed by atoms with E-state index in [1.807, 2.05) is 6.08 Å². The first-order valence-corrected chi connectivity index (χ1v) is 10.8. The number of piperazine rings is 1. The molecule has 1 aliphatic heterocycles. The quantitative estimate of drug-likeness (QED) is 0.515. The minimum Gasteiger partial charge on any atom is -0.368 e. The lowest BCUT2D eigenvalue weighted by molar-refractivity contribution is -0.508. The lowest BCUT2D eigenvalue weighted by Gasteiger charge is -2.44. The summed E-state index contributed by atoms with van der Waals surface area (Å²) in [6.07, 6.45) is 22.7. The standard InChI is InChI=1S/C24H28N4O2/c25-18-21-17-22(28(29)30)11-12-23(21)26-13-15-27(16-14-26)24(19-7-3-1-4-8-19)20-9-5-2-6-10-20/h1-5,7,9,12,17,19,22,24H,6,8,10-11,13-16H2. The maximum absolute atomic E-state index is 11.1. The first kappa shape index (κ1) is 20.4. The van der Waals surface area contributed by atoms with Crippen LogP contribution < -0.4 is 0 Å². The molecule has 3 aliphatic carbocycles. The summed E-state index contributed by atoms with van der Waals surface area (Å²) in [5.41, 5.74) is 2.82. The summed E-state index contributed by atoms with van der Waals surface area (Å²) in [6.45, 7) is 3.52. The van der Waals surface area contributed by atoms with Crippen LogP contribution in [0.4, 0.5) is 0 Å². The van der Waals surface area contributed by atoms with Gasteiger partial charge >= 0.3 is 0 Å². The molecule has 0 N–H and O–H groups in total. The van der Waals surface area contributed by atoms with Crippen LogP contribution in [0.5, 0.6) is 0 Å². The van der Waals surface area contributed by atoms with E-state index in [1.165, 1.54) is 11.6 Å². The van der Waals surface area contributed by atoms with Gasteiger partial charge in [-0.25, -0.2) is 0 Å². The lowest BCUT2D eigenvalue weighted by Crippen LogP contribution is -2.52. The zero-order valence-corrected chi connectivity index (χ0v) is 17.2. The van der Waals surface area contributed by atoms with E-state index >= 15 is 0 Å². The van der Waals surface area contributed by atoms with Crippen LogP contribution in [0.2, 0.25) is 0 Å². The van der Waals surface area contributed by atoms with Crippen LogP contribution in [0.1, 0.15) is 25.7 Å². The van der Waals surface area contributed by atoms with Crippen molar-refractivity contribution in [2.24, 2.45) is 5.92 Å². The second-order valence-electron chi connectivity index (χ2n) is 8.26. The zero-order valence-electron chi connectivity index (χ0n) is 17.2. The summed E-state index contributed by atoms with van der Waals surface area (Å²) >= 11 is 0. The number of hydrogen-bond acceptors (Lipinski definition) is 5. The van der Waals surface area contributed by atoms with Gasteiger partial charge < -0.3 is 4.90 Å². The summed E-state index contributed by atoms with van der Waals surface area (Å²) in [5, 5.41) is 20.6. The van der Waals surface area contributed by atoms with Gasteiger partial charge in [0.1, 0.15) is 6.07 Å². The fourth-order valence-electron chi connectivity index (χ4n) is 4.95. The predicted octanol–water partition coefficient (Wildman–Crippen LogP) is 3.76. The smallest absolute Gasteiger partial charge is 0.236 e. The molecule has 0 bridgehead atoms. The number of nitro groups is 1. The molecule has 0 saturated carbocycles. The van der Waals surface area contributed by atoms with Gasteiger partial charge in [0.25, 0.3) is 0 Å². The summed E-state index contributed by atoms with van der Waals surface area (Å²) in [4.78, 5) is 15.6. The number of hydrogen-bond donors (Lipinski definition) is 0. The highest BCUT2D eigenvalue weighted by Crippen LogP contribution is 2.32. The van der Waals surface area contributed by atoms with Crippen molar-refractivity contribution >= 4 is 0 Å². The average Bonchev–Trinajstić information content (AvgIpc) is 2.81. The highest BCUT2D eigenvalue weighted by atomic mass is 16.6. The van der Waals surface area contributed by atoms with Gasteiger partial charge in [-0.15, -0.1) is 0 Å². The second kappa shape index (κ2) is 9.27. The molecule has 0 aromatic heterocycles. The maximum atomic E-state index is 11.1. The first-order valence-electron chi connectivity index (χ1n) is 10.8. The maximum Gasteiger partial charge on any atom is 0.236 e. The molecule has 4 rings (SSSR count). The summed E-state index contributed by atoms with van der Waals surface area (Å²) in [7, 11) is 0. The second-order valence-corrected chi connectivity index (χ2v) is 8.26. The molecule has 6 nitrogen and oxygen atoms in total. The molecular formula is C24H28N4O2. The normalized spacial score (nSPS) is 27.7. The van der Waals surface area contributed by atoms with E-state index in [-0.39, 0.29) is 4.92 Å². The summed E-state index contributed by atoms with van der Waals surface area (Å²) in [5.74, 6) is 0.489. The minimum absolute atomic E-state index is 0.314. The van der Waals surface area contributed by atoms with Crippen LogP contribution in [-0.4, -0.2) is 53.0 Å². The lowest BCUT2D eigenvalue weighted by atomic mass is 9.83. The Morgan fingerprint density at radius 1 is 1.13 bits per heavy atom.